The summed E-state index contributed by atoms with van der Waals surface area (Å²) in [5.74, 6) is 1.52. The van der Waals surface area contributed by atoms with E-state index in [0.29, 0.717) is 6.04 Å². The third-order valence-electron chi connectivity index (χ3n) is 3.33. The number of ether oxygens (including phenoxy) is 1. The SMILES string of the molecule is Cc1nn(C)c(Oc2cnn(C)c2)c1CNC1CC1. The quantitative estimate of drug-likeness (QED) is 0.886. The topological polar surface area (TPSA) is 56.9 Å². The van der Waals surface area contributed by atoms with Crippen LogP contribution in [0.5, 0.6) is 11.6 Å². The summed E-state index contributed by atoms with van der Waals surface area (Å²) in [6.07, 6.45) is 6.11. The summed E-state index contributed by atoms with van der Waals surface area (Å²) in [5.41, 5.74) is 2.13. The zero-order chi connectivity index (χ0) is 13.4. The molecular weight excluding hydrogens is 242 g/mol. The summed E-state index contributed by atoms with van der Waals surface area (Å²) in [6, 6.07) is 0.672. The van der Waals surface area contributed by atoms with Crippen LogP contribution in [0.4, 0.5) is 0 Å². The molecule has 0 atom stereocenters. The molecule has 102 valence electrons. The Hall–Kier alpha value is -1.82. The standard InChI is InChI=1S/C13H19N5O/c1-9-12(7-14-10-4-5-10)13(18(3)16-9)19-11-6-15-17(2)8-11/h6,8,10,14H,4-5,7H2,1-3H3. The van der Waals surface area contributed by atoms with Gasteiger partial charge in [0, 0.05) is 26.7 Å². The maximum absolute atomic E-state index is 5.91. The van der Waals surface area contributed by atoms with E-state index in [9.17, 15) is 0 Å². The van der Waals surface area contributed by atoms with Crippen molar-refractivity contribution in [1.29, 1.82) is 0 Å². The summed E-state index contributed by atoms with van der Waals surface area (Å²) >= 11 is 0. The number of nitrogens with one attached hydrogen (secondary N) is 1. The molecule has 0 bridgehead atoms. The monoisotopic (exact) mass is 261 g/mol. The molecule has 1 aliphatic carbocycles. The molecule has 1 saturated carbocycles. The van der Waals surface area contributed by atoms with E-state index in [4.69, 9.17) is 4.74 Å². The highest BCUT2D eigenvalue weighted by Crippen LogP contribution is 2.28. The fourth-order valence-corrected chi connectivity index (χ4v) is 2.11. The molecule has 0 aromatic carbocycles. The molecule has 6 nitrogen and oxygen atoms in total. The predicted molar refractivity (Wildman–Crippen MR) is 71.1 cm³/mol. The smallest absolute Gasteiger partial charge is 0.222 e. The van der Waals surface area contributed by atoms with Gasteiger partial charge in [-0.25, -0.2) is 4.68 Å². The van der Waals surface area contributed by atoms with E-state index in [-0.39, 0.29) is 0 Å². The molecule has 0 amide bonds. The maximum Gasteiger partial charge on any atom is 0.222 e. The van der Waals surface area contributed by atoms with Crippen LogP contribution in [0.3, 0.4) is 0 Å². The van der Waals surface area contributed by atoms with Crippen molar-refractivity contribution >= 4 is 0 Å². The van der Waals surface area contributed by atoms with Gasteiger partial charge in [0.15, 0.2) is 5.75 Å². The first-order chi connectivity index (χ1) is 9.13. The van der Waals surface area contributed by atoms with Gasteiger partial charge in [0.1, 0.15) is 0 Å². The van der Waals surface area contributed by atoms with Crippen LogP contribution < -0.4 is 10.1 Å². The lowest BCUT2D eigenvalue weighted by molar-refractivity contribution is 0.423. The molecule has 6 heteroatoms. The third kappa shape index (κ3) is 2.63. The Labute approximate surface area is 112 Å². The van der Waals surface area contributed by atoms with Gasteiger partial charge < -0.3 is 10.1 Å². The van der Waals surface area contributed by atoms with Gasteiger partial charge in [0.2, 0.25) is 5.88 Å². The number of aryl methyl sites for hydroxylation is 3. The normalized spacial score (nSPS) is 14.9. The van der Waals surface area contributed by atoms with Gasteiger partial charge in [-0.1, -0.05) is 0 Å². The number of nitrogens with zero attached hydrogens (tertiary/aromatic N) is 4. The number of rotatable bonds is 5. The molecule has 1 N–H and O–H groups in total. The minimum absolute atomic E-state index is 0.672. The van der Waals surface area contributed by atoms with Gasteiger partial charge in [0.25, 0.3) is 0 Å². The summed E-state index contributed by atoms with van der Waals surface area (Å²) in [4.78, 5) is 0. The fraction of sp³-hybridized carbons (Fsp3) is 0.538. The third-order valence-corrected chi connectivity index (χ3v) is 3.33. The molecule has 0 saturated heterocycles. The van der Waals surface area contributed by atoms with Crippen LogP contribution in [0.1, 0.15) is 24.1 Å². The van der Waals surface area contributed by atoms with Gasteiger partial charge in [-0.3, -0.25) is 4.68 Å². The fourth-order valence-electron chi connectivity index (χ4n) is 2.11. The van der Waals surface area contributed by atoms with Crippen molar-refractivity contribution in [3.05, 3.63) is 23.7 Å². The van der Waals surface area contributed by atoms with Crippen LogP contribution in [0.2, 0.25) is 0 Å². The van der Waals surface area contributed by atoms with Gasteiger partial charge in [-0.2, -0.15) is 10.2 Å². The molecule has 3 rings (SSSR count). The Morgan fingerprint density at radius 1 is 1.42 bits per heavy atom. The highest BCUT2D eigenvalue weighted by Gasteiger charge is 2.23. The highest BCUT2D eigenvalue weighted by atomic mass is 16.5. The van der Waals surface area contributed by atoms with E-state index in [0.717, 1.165) is 29.4 Å². The molecule has 2 aromatic rings. The lowest BCUT2D eigenvalue weighted by Gasteiger charge is -2.07. The van der Waals surface area contributed by atoms with E-state index in [1.54, 1.807) is 15.6 Å². The van der Waals surface area contributed by atoms with Crippen molar-refractivity contribution in [2.75, 3.05) is 0 Å². The second-order valence-corrected chi connectivity index (χ2v) is 5.10. The average molecular weight is 261 g/mol. The van der Waals surface area contributed by atoms with Crippen molar-refractivity contribution in [2.45, 2.75) is 32.4 Å². The summed E-state index contributed by atoms with van der Waals surface area (Å²) in [6.45, 7) is 2.82. The van der Waals surface area contributed by atoms with Crippen LogP contribution in [0, 0.1) is 6.92 Å². The second kappa shape index (κ2) is 4.70. The van der Waals surface area contributed by atoms with Gasteiger partial charge in [-0.05, 0) is 19.8 Å². The van der Waals surface area contributed by atoms with Crippen LogP contribution in [0.25, 0.3) is 0 Å². The first-order valence-corrected chi connectivity index (χ1v) is 6.56. The van der Waals surface area contributed by atoms with Crippen molar-refractivity contribution in [3.63, 3.8) is 0 Å². The highest BCUT2D eigenvalue weighted by molar-refractivity contribution is 5.34. The predicted octanol–water partition coefficient (Wildman–Crippen LogP) is 1.51. The first-order valence-electron chi connectivity index (χ1n) is 6.56. The molecule has 2 aromatic heterocycles. The van der Waals surface area contributed by atoms with Crippen LogP contribution in [-0.4, -0.2) is 25.6 Å². The van der Waals surface area contributed by atoms with E-state index in [1.807, 2.05) is 27.2 Å². The van der Waals surface area contributed by atoms with E-state index < -0.39 is 0 Å². The van der Waals surface area contributed by atoms with E-state index >= 15 is 0 Å². The molecule has 2 heterocycles. The Kier molecular flexibility index (Phi) is 3.02. The van der Waals surface area contributed by atoms with Crippen molar-refractivity contribution in [3.8, 4) is 11.6 Å². The molecule has 0 spiro atoms. The van der Waals surface area contributed by atoms with Gasteiger partial charge >= 0.3 is 0 Å². The van der Waals surface area contributed by atoms with Gasteiger partial charge in [-0.15, -0.1) is 0 Å². The lowest BCUT2D eigenvalue weighted by Crippen LogP contribution is -2.16. The lowest BCUT2D eigenvalue weighted by atomic mass is 10.2. The van der Waals surface area contributed by atoms with Gasteiger partial charge in [0.05, 0.1) is 23.7 Å². The van der Waals surface area contributed by atoms with E-state index in [1.165, 1.54) is 12.8 Å². The van der Waals surface area contributed by atoms with Crippen LogP contribution >= 0.6 is 0 Å². The minimum Gasteiger partial charge on any atom is -0.436 e. The molecular formula is C13H19N5O. The van der Waals surface area contributed by atoms with Crippen molar-refractivity contribution in [1.82, 2.24) is 24.9 Å². The van der Waals surface area contributed by atoms with Crippen LogP contribution in [0.15, 0.2) is 12.4 Å². The number of hydrogen-bond donors (Lipinski definition) is 1. The Morgan fingerprint density at radius 2 is 2.21 bits per heavy atom. The van der Waals surface area contributed by atoms with Crippen molar-refractivity contribution < 1.29 is 4.74 Å². The largest absolute Gasteiger partial charge is 0.436 e. The average Bonchev–Trinajstić information content (AvgIpc) is 3.04. The molecule has 0 radical (unpaired) electrons. The number of aromatic nitrogens is 4. The Bertz CT molecular complexity index is 582. The molecule has 1 aliphatic rings. The maximum atomic E-state index is 5.91. The Balaban J connectivity index is 1.81. The minimum atomic E-state index is 0.672. The Morgan fingerprint density at radius 3 is 2.84 bits per heavy atom. The summed E-state index contributed by atoms with van der Waals surface area (Å²) in [5, 5.41) is 12.1. The first kappa shape index (κ1) is 12.2. The van der Waals surface area contributed by atoms with Crippen molar-refractivity contribution in [2.24, 2.45) is 14.1 Å². The zero-order valence-corrected chi connectivity index (χ0v) is 11.6. The van der Waals surface area contributed by atoms with Crippen LogP contribution in [-0.2, 0) is 20.6 Å². The zero-order valence-electron chi connectivity index (χ0n) is 11.6. The molecule has 0 unspecified atom stereocenters. The molecule has 19 heavy (non-hydrogen) atoms. The number of hydrogen-bond acceptors (Lipinski definition) is 4. The summed E-state index contributed by atoms with van der Waals surface area (Å²) in [7, 11) is 3.77. The molecule has 0 aliphatic heterocycles. The van der Waals surface area contributed by atoms with E-state index in [2.05, 4.69) is 15.5 Å². The summed E-state index contributed by atoms with van der Waals surface area (Å²) < 4.78 is 9.42. The molecule has 1 fully saturated rings. The second-order valence-electron chi connectivity index (χ2n) is 5.10.